The highest BCUT2D eigenvalue weighted by molar-refractivity contribution is 5.98. The molecule has 1 N–H and O–H groups in total. The minimum absolute atomic E-state index is 0.188. The molecule has 37 heavy (non-hydrogen) atoms. The van der Waals surface area contributed by atoms with Crippen molar-refractivity contribution in [3.05, 3.63) is 102 Å². The van der Waals surface area contributed by atoms with E-state index in [1.165, 1.54) is 5.56 Å². The second kappa shape index (κ2) is 11.6. The maximum Gasteiger partial charge on any atom is 0.256 e. The Balaban J connectivity index is 1.36. The Morgan fingerprint density at radius 2 is 1.73 bits per heavy atom. The van der Waals surface area contributed by atoms with E-state index in [-0.39, 0.29) is 5.91 Å². The Bertz CT molecular complexity index is 1310. The number of piperidine rings is 1. The molecule has 2 aromatic heterocycles. The number of ether oxygens (including phenoxy) is 1. The number of hydrogen-bond donors (Lipinski definition) is 1. The highest BCUT2D eigenvalue weighted by Gasteiger charge is 2.25. The number of hydrogen-bond acceptors (Lipinski definition) is 6. The van der Waals surface area contributed by atoms with Crippen LogP contribution < -0.4 is 15.0 Å². The highest BCUT2D eigenvalue weighted by Crippen LogP contribution is 2.29. The fourth-order valence-electron chi connectivity index (χ4n) is 4.73. The van der Waals surface area contributed by atoms with E-state index in [0.29, 0.717) is 29.7 Å². The van der Waals surface area contributed by atoms with Crippen molar-refractivity contribution in [2.45, 2.75) is 25.8 Å². The van der Waals surface area contributed by atoms with Crippen LogP contribution in [-0.4, -0.2) is 41.1 Å². The van der Waals surface area contributed by atoms with Crippen molar-refractivity contribution in [2.24, 2.45) is 5.92 Å². The van der Waals surface area contributed by atoms with Crippen molar-refractivity contribution in [1.82, 2.24) is 20.3 Å². The molecule has 0 bridgehead atoms. The summed E-state index contributed by atoms with van der Waals surface area (Å²) in [4.78, 5) is 29.1. The molecule has 0 radical (unpaired) electrons. The predicted octanol–water partition coefficient (Wildman–Crippen LogP) is 4.94. The van der Waals surface area contributed by atoms with Gasteiger partial charge < -0.3 is 15.0 Å². The second-order valence-corrected chi connectivity index (χ2v) is 9.32. The van der Waals surface area contributed by atoms with Crippen LogP contribution in [0.4, 0.5) is 5.82 Å². The summed E-state index contributed by atoms with van der Waals surface area (Å²) in [5.41, 5.74) is 3.68. The van der Waals surface area contributed by atoms with Gasteiger partial charge in [0, 0.05) is 43.8 Å². The van der Waals surface area contributed by atoms with Gasteiger partial charge in [-0.2, -0.15) is 0 Å². The van der Waals surface area contributed by atoms with E-state index in [1.54, 1.807) is 25.7 Å². The number of pyridine rings is 1. The molecular weight excluding hydrogens is 462 g/mol. The summed E-state index contributed by atoms with van der Waals surface area (Å²) in [5, 5.41) is 3.01. The molecule has 0 spiro atoms. The fraction of sp³-hybridized carbons (Fsp3) is 0.267. The third kappa shape index (κ3) is 6.12. The zero-order valence-corrected chi connectivity index (χ0v) is 21.0. The number of amides is 1. The molecule has 0 aliphatic carbocycles. The average molecular weight is 494 g/mol. The van der Waals surface area contributed by atoms with Crippen molar-refractivity contribution in [1.29, 1.82) is 0 Å². The van der Waals surface area contributed by atoms with Crippen molar-refractivity contribution in [2.75, 3.05) is 25.1 Å². The summed E-state index contributed by atoms with van der Waals surface area (Å²) >= 11 is 0. The van der Waals surface area contributed by atoms with Gasteiger partial charge in [0.15, 0.2) is 5.82 Å². The first kappa shape index (κ1) is 24.4. The Morgan fingerprint density at radius 1 is 0.973 bits per heavy atom. The number of nitrogens with zero attached hydrogens (tertiary/aromatic N) is 4. The maximum atomic E-state index is 13.3. The number of carbonyl (C=O) groups excluding carboxylic acids is 1. The average Bonchev–Trinajstić information content (AvgIpc) is 2.97. The van der Waals surface area contributed by atoms with Crippen LogP contribution in [-0.2, 0) is 13.0 Å². The van der Waals surface area contributed by atoms with Crippen LogP contribution in [0, 0.1) is 5.92 Å². The molecular formula is C30H31N5O2. The Kier molecular flexibility index (Phi) is 7.69. The molecule has 1 aliphatic rings. The van der Waals surface area contributed by atoms with Gasteiger partial charge in [-0.1, -0.05) is 36.4 Å². The molecule has 1 fully saturated rings. The van der Waals surface area contributed by atoms with Gasteiger partial charge in [0.1, 0.15) is 17.1 Å². The number of rotatable bonds is 8. The summed E-state index contributed by atoms with van der Waals surface area (Å²) < 4.78 is 5.28. The summed E-state index contributed by atoms with van der Waals surface area (Å²) in [7, 11) is 1.64. The third-order valence-electron chi connectivity index (χ3n) is 6.82. The van der Waals surface area contributed by atoms with E-state index >= 15 is 0 Å². The lowest BCUT2D eigenvalue weighted by Gasteiger charge is -2.34. The molecule has 7 nitrogen and oxygen atoms in total. The van der Waals surface area contributed by atoms with Crippen LogP contribution in [0.25, 0.3) is 11.4 Å². The molecule has 3 heterocycles. The van der Waals surface area contributed by atoms with E-state index in [1.807, 2.05) is 36.4 Å². The van der Waals surface area contributed by atoms with E-state index in [9.17, 15) is 4.79 Å². The van der Waals surface area contributed by atoms with Crippen molar-refractivity contribution >= 4 is 11.7 Å². The summed E-state index contributed by atoms with van der Waals surface area (Å²) in [6, 6.07) is 22.1. The van der Waals surface area contributed by atoms with Crippen LogP contribution >= 0.6 is 0 Å². The first-order valence-electron chi connectivity index (χ1n) is 12.7. The minimum Gasteiger partial charge on any atom is -0.497 e. The molecule has 7 heteroatoms. The van der Waals surface area contributed by atoms with E-state index in [4.69, 9.17) is 9.72 Å². The van der Waals surface area contributed by atoms with Crippen LogP contribution in [0.3, 0.4) is 0 Å². The largest absolute Gasteiger partial charge is 0.497 e. The molecule has 1 aliphatic heterocycles. The number of nitrogens with one attached hydrogen (secondary N) is 1. The van der Waals surface area contributed by atoms with Crippen LogP contribution in [0.5, 0.6) is 5.75 Å². The predicted molar refractivity (Wildman–Crippen MR) is 145 cm³/mol. The summed E-state index contributed by atoms with van der Waals surface area (Å²) in [5.74, 6) is 2.47. The third-order valence-corrected chi connectivity index (χ3v) is 6.82. The molecule has 0 atom stereocenters. The molecule has 1 saturated heterocycles. The lowest BCUT2D eigenvalue weighted by atomic mass is 9.90. The first-order chi connectivity index (χ1) is 18.2. The SMILES string of the molecule is COc1ccc(-c2ncc(C(=O)NCc3cccnc3)c(N3CCC(Cc4ccccc4)CC3)n2)cc1. The van der Waals surface area contributed by atoms with Gasteiger partial charge in [0.2, 0.25) is 0 Å². The standard InChI is InChI=1S/C30H31N5O2/c1-37-26-11-9-25(10-12-26)28-32-21-27(30(36)33-20-24-8-5-15-31-19-24)29(34-28)35-16-13-23(14-17-35)18-22-6-3-2-4-7-22/h2-12,15,19,21,23H,13-14,16-18,20H2,1H3,(H,33,36). The smallest absolute Gasteiger partial charge is 0.256 e. The monoisotopic (exact) mass is 493 g/mol. The van der Waals surface area contributed by atoms with Gasteiger partial charge in [-0.15, -0.1) is 0 Å². The molecule has 188 valence electrons. The summed E-state index contributed by atoms with van der Waals surface area (Å²) in [6.45, 7) is 2.09. The number of carbonyl (C=O) groups is 1. The van der Waals surface area contributed by atoms with Gasteiger partial charge in [-0.25, -0.2) is 9.97 Å². The number of benzene rings is 2. The number of anilines is 1. The fourth-order valence-corrected chi connectivity index (χ4v) is 4.73. The lowest BCUT2D eigenvalue weighted by Crippen LogP contribution is -2.37. The van der Waals surface area contributed by atoms with E-state index in [0.717, 1.165) is 49.2 Å². The molecule has 0 unspecified atom stereocenters. The number of methoxy groups -OCH3 is 1. The van der Waals surface area contributed by atoms with Crippen LogP contribution in [0.2, 0.25) is 0 Å². The Labute approximate surface area is 217 Å². The molecule has 0 saturated carbocycles. The van der Waals surface area contributed by atoms with Gasteiger partial charge in [-0.3, -0.25) is 9.78 Å². The quantitative estimate of drug-likeness (QED) is 0.375. The van der Waals surface area contributed by atoms with Crippen LogP contribution in [0.15, 0.2) is 85.3 Å². The Morgan fingerprint density at radius 3 is 2.43 bits per heavy atom. The zero-order valence-electron chi connectivity index (χ0n) is 21.0. The molecule has 4 aromatic rings. The zero-order chi connectivity index (χ0) is 25.5. The molecule has 2 aromatic carbocycles. The first-order valence-corrected chi connectivity index (χ1v) is 12.7. The van der Waals surface area contributed by atoms with Gasteiger partial charge in [0.25, 0.3) is 5.91 Å². The van der Waals surface area contributed by atoms with Crippen molar-refractivity contribution < 1.29 is 9.53 Å². The van der Waals surface area contributed by atoms with Crippen LogP contribution in [0.1, 0.15) is 34.3 Å². The molecule has 1 amide bonds. The molecule has 5 rings (SSSR count). The highest BCUT2D eigenvalue weighted by atomic mass is 16.5. The van der Waals surface area contributed by atoms with Gasteiger partial charge in [0.05, 0.1) is 7.11 Å². The topological polar surface area (TPSA) is 80.2 Å². The van der Waals surface area contributed by atoms with Crippen molar-refractivity contribution in [3.8, 4) is 17.1 Å². The van der Waals surface area contributed by atoms with E-state index in [2.05, 4.69) is 50.5 Å². The van der Waals surface area contributed by atoms with Gasteiger partial charge >= 0.3 is 0 Å². The maximum absolute atomic E-state index is 13.3. The normalized spacial score (nSPS) is 13.8. The number of aromatic nitrogens is 3. The Hall–Kier alpha value is -4.26. The summed E-state index contributed by atoms with van der Waals surface area (Å²) in [6.07, 6.45) is 8.30. The van der Waals surface area contributed by atoms with Crippen molar-refractivity contribution in [3.63, 3.8) is 0 Å². The van der Waals surface area contributed by atoms with E-state index < -0.39 is 0 Å². The van der Waals surface area contributed by atoms with Gasteiger partial charge in [-0.05, 0) is 66.6 Å². The second-order valence-electron chi connectivity index (χ2n) is 9.32. The lowest BCUT2D eigenvalue weighted by molar-refractivity contribution is 0.0950. The minimum atomic E-state index is -0.188.